The van der Waals surface area contributed by atoms with Gasteiger partial charge < -0.3 is 14.7 Å². The fraction of sp³-hybridized carbons (Fsp3) is 0.286. The molecular formula is C21H20FN3O3. The Morgan fingerprint density at radius 1 is 0.893 bits per heavy atom. The third-order valence-corrected chi connectivity index (χ3v) is 5.20. The van der Waals surface area contributed by atoms with E-state index in [2.05, 4.69) is 0 Å². The third kappa shape index (κ3) is 3.47. The molecule has 4 rings (SSSR count). The predicted octanol–water partition coefficient (Wildman–Crippen LogP) is 1.59. The number of carbonyl (C=O) groups is 3. The fourth-order valence-electron chi connectivity index (χ4n) is 3.67. The van der Waals surface area contributed by atoms with Gasteiger partial charge in [-0.05, 0) is 35.7 Å². The number of nitrogens with zero attached hydrogens (tertiary/aromatic N) is 3. The number of halogens is 1. The van der Waals surface area contributed by atoms with Crippen molar-refractivity contribution < 1.29 is 18.8 Å². The molecule has 0 spiro atoms. The van der Waals surface area contributed by atoms with Crippen LogP contribution in [0, 0.1) is 5.82 Å². The molecule has 28 heavy (non-hydrogen) atoms. The second kappa shape index (κ2) is 7.42. The van der Waals surface area contributed by atoms with Crippen LogP contribution in [-0.2, 0) is 27.3 Å². The van der Waals surface area contributed by atoms with Gasteiger partial charge in [-0.3, -0.25) is 14.4 Å². The molecular weight excluding hydrogens is 361 g/mol. The van der Waals surface area contributed by atoms with E-state index in [4.69, 9.17) is 0 Å². The Morgan fingerprint density at radius 3 is 2.36 bits per heavy atom. The number of para-hydroxylation sites is 1. The number of benzene rings is 2. The lowest BCUT2D eigenvalue weighted by molar-refractivity contribution is -0.157. The maximum absolute atomic E-state index is 13.0. The molecule has 1 saturated heterocycles. The molecule has 0 N–H and O–H groups in total. The van der Waals surface area contributed by atoms with Crippen LogP contribution >= 0.6 is 0 Å². The Kier molecular flexibility index (Phi) is 4.81. The first-order valence-corrected chi connectivity index (χ1v) is 9.24. The molecule has 2 heterocycles. The summed E-state index contributed by atoms with van der Waals surface area (Å²) in [5.41, 5.74) is 2.74. The van der Waals surface area contributed by atoms with Gasteiger partial charge in [0.05, 0.1) is 0 Å². The Hall–Kier alpha value is -3.22. The first kappa shape index (κ1) is 18.2. The second-order valence-electron chi connectivity index (χ2n) is 7.00. The number of piperazine rings is 1. The molecule has 0 radical (unpaired) electrons. The van der Waals surface area contributed by atoms with Gasteiger partial charge in [0.2, 0.25) is 5.91 Å². The van der Waals surface area contributed by atoms with Crippen molar-refractivity contribution in [2.45, 2.75) is 13.0 Å². The summed E-state index contributed by atoms with van der Waals surface area (Å²) in [5.74, 6) is -1.84. The van der Waals surface area contributed by atoms with E-state index in [0.29, 0.717) is 19.6 Å². The van der Waals surface area contributed by atoms with E-state index in [1.54, 1.807) is 17.0 Å². The van der Waals surface area contributed by atoms with Gasteiger partial charge in [-0.2, -0.15) is 0 Å². The zero-order valence-electron chi connectivity index (χ0n) is 15.3. The normalized spacial score (nSPS) is 16.5. The molecule has 2 aliphatic rings. The van der Waals surface area contributed by atoms with Gasteiger partial charge in [-0.15, -0.1) is 0 Å². The van der Waals surface area contributed by atoms with E-state index in [9.17, 15) is 18.8 Å². The van der Waals surface area contributed by atoms with E-state index in [0.717, 1.165) is 23.2 Å². The molecule has 2 aromatic carbocycles. The molecule has 7 heteroatoms. The number of hydrogen-bond donors (Lipinski definition) is 0. The molecule has 0 aromatic heterocycles. The van der Waals surface area contributed by atoms with E-state index in [1.165, 1.54) is 21.9 Å². The van der Waals surface area contributed by atoms with Crippen LogP contribution < -0.4 is 4.90 Å². The molecule has 2 aliphatic heterocycles. The van der Waals surface area contributed by atoms with Gasteiger partial charge in [0, 0.05) is 31.9 Å². The standard InChI is InChI=1S/C21H20FN3O3/c22-17-7-5-15(6-8-17)13-23-11-12-24(21(28)20(23)27)14-19(26)25-10-9-16-3-1-2-4-18(16)25/h1-8H,9-14H2. The summed E-state index contributed by atoms with van der Waals surface area (Å²) in [7, 11) is 0. The maximum atomic E-state index is 13.0. The zero-order valence-corrected chi connectivity index (χ0v) is 15.3. The number of rotatable bonds is 4. The molecule has 0 aliphatic carbocycles. The first-order valence-electron chi connectivity index (χ1n) is 9.24. The van der Waals surface area contributed by atoms with E-state index >= 15 is 0 Å². The first-order chi connectivity index (χ1) is 13.5. The highest BCUT2D eigenvalue weighted by atomic mass is 19.1. The van der Waals surface area contributed by atoms with Crippen LogP contribution in [0.1, 0.15) is 11.1 Å². The zero-order chi connectivity index (χ0) is 19.7. The van der Waals surface area contributed by atoms with Gasteiger partial charge in [-0.25, -0.2) is 4.39 Å². The molecule has 0 saturated carbocycles. The highest BCUT2D eigenvalue weighted by Crippen LogP contribution is 2.27. The number of hydrogen-bond acceptors (Lipinski definition) is 3. The summed E-state index contributed by atoms with van der Waals surface area (Å²) >= 11 is 0. The number of anilines is 1. The Morgan fingerprint density at radius 2 is 1.57 bits per heavy atom. The minimum absolute atomic E-state index is 0.108. The lowest BCUT2D eigenvalue weighted by Gasteiger charge is -2.34. The molecule has 2 aromatic rings. The molecule has 0 atom stereocenters. The lowest BCUT2D eigenvalue weighted by Crippen LogP contribution is -2.56. The Bertz CT molecular complexity index is 929. The van der Waals surface area contributed by atoms with E-state index in [1.807, 2.05) is 24.3 Å². The summed E-state index contributed by atoms with van der Waals surface area (Å²) in [6.07, 6.45) is 0.792. The summed E-state index contributed by atoms with van der Waals surface area (Å²) < 4.78 is 13.0. The fourth-order valence-corrected chi connectivity index (χ4v) is 3.67. The van der Waals surface area contributed by atoms with E-state index < -0.39 is 11.8 Å². The number of fused-ring (bicyclic) bond motifs is 1. The van der Waals surface area contributed by atoms with Gasteiger partial charge in [0.1, 0.15) is 12.4 Å². The Labute approximate surface area is 162 Å². The summed E-state index contributed by atoms with van der Waals surface area (Å²) in [6.45, 7) is 1.36. The smallest absolute Gasteiger partial charge is 0.312 e. The van der Waals surface area contributed by atoms with Crippen molar-refractivity contribution in [1.82, 2.24) is 9.80 Å². The van der Waals surface area contributed by atoms with Crippen molar-refractivity contribution >= 4 is 23.4 Å². The highest BCUT2D eigenvalue weighted by molar-refractivity contribution is 6.35. The molecule has 0 bridgehead atoms. The molecule has 3 amide bonds. The molecule has 0 unspecified atom stereocenters. The van der Waals surface area contributed by atoms with Gasteiger partial charge >= 0.3 is 11.8 Å². The van der Waals surface area contributed by atoms with E-state index in [-0.39, 0.29) is 24.8 Å². The van der Waals surface area contributed by atoms with Crippen LogP contribution in [0.15, 0.2) is 48.5 Å². The monoisotopic (exact) mass is 381 g/mol. The van der Waals surface area contributed by atoms with Crippen molar-refractivity contribution in [1.29, 1.82) is 0 Å². The lowest BCUT2D eigenvalue weighted by atomic mass is 10.2. The third-order valence-electron chi connectivity index (χ3n) is 5.20. The van der Waals surface area contributed by atoms with Crippen molar-refractivity contribution in [2.75, 3.05) is 31.1 Å². The van der Waals surface area contributed by atoms with Crippen LogP contribution in [0.25, 0.3) is 0 Å². The number of carbonyl (C=O) groups excluding carboxylic acids is 3. The molecule has 144 valence electrons. The largest absolute Gasteiger partial charge is 0.328 e. The van der Waals surface area contributed by atoms with Crippen molar-refractivity contribution in [2.24, 2.45) is 0 Å². The molecule has 6 nitrogen and oxygen atoms in total. The Balaban J connectivity index is 1.38. The van der Waals surface area contributed by atoms with Gasteiger partial charge in [0.15, 0.2) is 0 Å². The van der Waals surface area contributed by atoms with Crippen LogP contribution in [-0.4, -0.2) is 53.7 Å². The average molecular weight is 381 g/mol. The van der Waals surface area contributed by atoms with Gasteiger partial charge in [-0.1, -0.05) is 30.3 Å². The summed E-state index contributed by atoms with van der Waals surface area (Å²) in [6, 6.07) is 13.5. The van der Waals surface area contributed by atoms with Crippen LogP contribution in [0.3, 0.4) is 0 Å². The second-order valence-corrected chi connectivity index (χ2v) is 7.00. The van der Waals surface area contributed by atoms with Crippen molar-refractivity contribution in [3.63, 3.8) is 0 Å². The van der Waals surface area contributed by atoms with Crippen LogP contribution in [0.5, 0.6) is 0 Å². The SMILES string of the molecule is O=C1C(=O)N(Cc2ccc(F)cc2)CCN1CC(=O)N1CCc2ccccc21. The van der Waals surface area contributed by atoms with Gasteiger partial charge in [0.25, 0.3) is 0 Å². The number of amides is 3. The van der Waals surface area contributed by atoms with Crippen LogP contribution in [0.2, 0.25) is 0 Å². The van der Waals surface area contributed by atoms with Crippen molar-refractivity contribution in [3.05, 3.63) is 65.5 Å². The quantitative estimate of drug-likeness (QED) is 0.756. The summed E-state index contributed by atoms with van der Waals surface area (Å²) in [5, 5.41) is 0. The predicted molar refractivity (Wildman–Crippen MR) is 101 cm³/mol. The summed E-state index contributed by atoms with van der Waals surface area (Å²) in [4.78, 5) is 42.1. The van der Waals surface area contributed by atoms with Crippen molar-refractivity contribution in [3.8, 4) is 0 Å². The minimum Gasteiger partial charge on any atom is -0.328 e. The maximum Gasteiger partial charge on any atom is 0.312 e. The average Bonchev–Trinajstić information content (AvgIpc) is 3.13. The topological polar surface area (TPSA) is 60.9 Å². The van der Waals surface area contributed by atoms with Crippen LogP contribution in [0.4, 0.5) is 10.1 Å². The molecule has 1 fully saturated rings. The highest BCUT2D eigenvalue weighted by Gasteiger charge is 2.35. The minimum atomic E-state index is -0.672.